The summed E-state index contributed by atoms with van der Waals surface area (Å²) in [7, 11) is 0. The van der Waals surface area contributed by atoms with Crippen LogP contribution in [0.3, 0.4) is 0 Å². The van der Waals surface area contributed by atoms with Crippen LogP contribution < -0.4 is 10.2 Å². The molecule has 2 rings (SSSR count). The molecule has 0 bridgehead atoms. The van der Waals surface area contributed by atoms with Crippen LogP contribution in [0.2, 0.25) is 0 Å². The number of halogens is 2. The van der Waals surface area contributed by atoms with E-state index < -0.39 is 0 Å². The first-order valence-electron chi connectivity index (χ1n) is 6.94. The standard InChI is InChI=1S/C15H22Br2N2/c1-10(2)18-12-5-4-6-19(9-12)15-13(16)7-11(3)8-14(15)17/h7-8,10,12,18H,4-6,9H2,1-3H3. The average molecular weight is 390 g/mol. The fraction of sp³-hybridized carbons (Fsp3) is 0.600. The Morgan fingerprint density at radius 3 is 2.47 bits per heavy atom. The molecule has 19 heavy (non-hydrogen) atoms. The predicted molar refractivity (Wildman–Crippen MR) is 90.1 cm³/mol. The summed E-state index contributed by atoms with van der Waals surface area (Å²) in [5, 5.41) is 3.66. The van der Waals surface area contributed by atoms with Gasteiger partial charge in [0.05, 0.1) is 5.69 Å². The first kappa shape index (κ1) is 15.3. The van der Waals surface area contributed by atoms with E-state index in [4.69, 9.17) is 0 Å². The molecule has 1 heterocycles. The summed E-state index contributed by atoms with van der Waals surface area (Å²) in [6.07, 6.45) is 2.52. The van der Waals surface area contributed by atoms with E-state index >= 15 is 0 Å². The lowest BCUT2D eigenvalue weighted by Crippen LogP contribution is -2.48. The zero-order valence-electron chi connectivity index (χ0n) is 11.8. The Hall–Kier alpha value is -0.0600. The van der Waals surface area contributed by atoms with E-state index in [-0.39, 0.29) is 0 Å². The Kier molecular flexibility index (Phi) is 5.32. The van der Waals surface area contributed by atoms with Crippen LogP contribution in [0.5, 0.6) is 0 Å². The van der Waals surface area contributed by atoms with Crippen molar-refractivity contribution in [2.75, 3.05) is 18.0 Å². The highest BCUT2D eigenvalue weighted by Gasteiger charge is 2.23. The van der Waals surface area contributed by atoms with Crippen molar-refractivity contribution in [1.29, 1.82) is 0 Å². The number of nitrogens with one attached hydrogen (secondary N) is 1. The second-order valence-corrected chi connectivity index (χ2v) is 7.39. The van der Waals surface area contributed by atoms with Crippen molar-refractivity contribution in [3.8, 4) is 0 Å². The topological polar surface area (TPSA) is 15.3 Å². The van der Waals surface area contributed by atoms with Gasteiger partial charge in [0.1, 0.15) is 0 Å². The van der Waals surface area contributed by atoms with Gasteiger partial charge >= 0.3 is 0 Å². The van der Waals surface area contributed by atoms with Gasteiger partial charge in [0.2, 0.25) is 0 Å². The fourth-order valence-electron chi connectivity index (χ4n) is 2.78. The Morgan fingerprint density at radius 1 is 1.26 bits per heavy atom. The summed E-state index contributed by atoms with van der Waals surface area (Å²) in [4.78, 5) is 2.48. The third kappa shape index (κ3) is 3.96. The summed E-state index contributed by atoms with van der Waals surface area (Å²) < 4.78 is 2.37. The molecule has 1 aromatic rings. The summed E-state index contributed by atoms with van der Waals surface area (Å²) in [6.45, 7) is 8.78. The number of benzene rings is 1. The third-order valence-corrected chi connectivity index (χ3v) is 4.68. The molecule has 0 aliphatic carbocycles. The van der Waals surface area contributed by atoms with Gasteiger partial charge in [-0.2, -0.15) is 0 Å². The molecule has 4 heteroatoms. The van der Waals surface area contributed by atoms with Crippen molar-refractivity contribution in [2.45, 2.75) is 45.7 Å². The fourth-order valence-corrected chi connectivity index (χ4v) is 4.70. The molecule has 1 aliphatic rings. The van der Waals surface area contributed by atoms with Gasteiger partial charge in [0, 0.05) is 34.1 Å². The van der Waals surface area contributed by atoms with Gasteiger partial charge in [-0.05, 0) is 69.3 Å². The van der Waals surface area contributed by atoms with Gasteiger partial charge in [-0.25, -0.2) is 0 Å². The Labute approximate surface area is 133 Å². The first-order chi connectivity index (χ1) is 8.97. The van der Waals surface area contributed by atoms with Crippen LogP contribution in [0.1, 0.15) is 32.3 Å². The first-order valence-corrected chi connectivity index (χ1v) is 8.52. The van der Waals surface area contributed by atoms with Crippen LogP contribution in [-0.2, 0) is 0 Å². The van der Waals surface area contributed by atoms with Crippen LogP contribution in [0.4, 0.5) is 5.69 Å². The van der Waals surface area contributed by atoms with E-state index in [9.17, 15) is 0 Å². The van der Waals surface area contributed by atoms with Gasteiger partial charge in [-0.15, -0.1) is 0 Å². The minimum absolute atomic E-state index is 0.551. The zero-order valence-corrected chi connectivity index (χ0v) is 15.0. The monoisotopic (exact) mass is 388 g/mol. The molecule has 1 saturated heterocycles. The van der Waals surface area contributed by atoms with Crippen LogP contribution in [0, 0.1) is 6.92 Å². The number of hydrogen-bond acceptors (Lipinski definition) is 2. The van der Waals surface area contributed by atoms with Crippen molar-refractivity contribution in [3.63, 3.8) is 0 Å². The summed E-state index contributed by atoms with van der Waals surface area (Å²) in [6, 6.07) is 5.53. The Balaban J connectivity index is 2.17. The number of rotatable bonds is 3. The second-order valence-electron chi connectivity index (χ2n) is 5.68. The molecule has 0 radical (unpaired) electrons. The lowest BCUT2D eigenvalue weighted by atomic mass is 10.0. The summed E-state index contributed by atoms with van der Waals surface area (Å²) in [5.74, 6) is 0. The highest BCUT2D eigenvalue weighted by molar-refractivity contribution is 9.11. The molecular formula is C15H22Br2N2. The molecule has 0 saturated carbocycles. The van der Waals surface area contributed by atoms with E-state index in [2.05, 4.69) is 75.0 Å². The van der Waals surface area contributed by atoms with Crippen LogP contribution in [0.25, 0.3) is 0 Å². The number of nitrogens with zero attached hydrogens (tertiary/aromatic N) is 1. The molecule has 106 valence electrons. The smallest absolute Gasteiger partial charge is 0.0655 e. The third-order valence-electron chi connectivity index (χ3n) is 3.47. The van der Waals surface area contributed by atoms with Gasteiger partial charge in [0.15, 0.2) is 0 Å². The molecule has 1 unspecified atom stereocenters. The van der Waals surface area contributed by atoms with Crippen molar-refractivity contribution in [2.24, 2.45) is 0 Å². The van der Waals surface area contributed by atoms with Crippen LogP contribution >= 0.6 is 31.9 Å². The molecular weight excluding hydrogens is 368 g/mol. The quantitative estimate of drug-likeness (QED) is 0.819. The maximum atomic E-state index is 3.71. The molecule has 1 aliphatic heterocycles. The normalized spacial score (nSPS) is 20.1. The molecule has 0 spiro atoms. The molecule has 2 nitrogen and oxygen atoms in total. The van der Waals surface area contributed by atoms with Crippen molar-refractivity contribution in [3.05, 3.63) is 26.6 Å². The zero-order chi connectivity index (χ0) is 14.0. The van der Waals surface area contributed by atoms with Gasteiger partial charge < -0.3 is 10.2 Å². The van der Waals surface area contributed by atoms with Gasteiger partial charge in [0.25, 0.3) is 0 Å². The van der Waals surface area contributed by atoms with E-state index in [0.29, 0.717) is 12.1 Å². The van der Waals surface area contributed by atoms with Gasteiger partial charge in [-0.3, -0.25) is 0 Å². The van der Waals surface area contributed by atoms with E-state index in [1.807, 2.05) is 0 Å². The predicted octanol–water partition coefficient (Wildman–Crippen LogP) is 4.49. The van der Waals surface area contributed by atoms with Crippen molar-refractivity contribution in [1.82, 2.24) is 5.32 Å². The number of hydrogen-bond donors (Lipinski definition) is 1. The maximum absolute atomic E-state index is 3.71. The molecule has 0 amide bonds. The number of aryl methyl sites for hydroxylation is 1. The highest BCUT2D eigenvalue weighted by Crippen LogP contribution is 2.36. The Morgan fingerprint density at radius 2 is 1.89 bits per heavy atom. The highest BCUT2D eigenvalue weighted by atomic mass is 79.9. The molecule has 1 atom stereocenters. The molecule has 1 fully saturated rings. The molecule has 1 aromatic carbocycles. The van der Waals surface area contributed by atoms with Crippen molar-refractivity contribution < 1.29 is 0 Å². The van der Waals surface area contributed by atoms with Gasteiger partial charge in [-0.1, -0.05) is 13.8 Å². The van der Waals surface area contributed by atoms with E-state index in [0.717, 1.165) is 13.1 Å². The lowest BCUT2D eigenvalue weighted by Gasteiger charge is -2.37. The minimum Gasteiger partial charge on any atom is -0.368 e. The minimum atomic E-state index is 0.551. The van der Waals surface area contributed by atoms with E-state index in [1.54, 1.807) is 0 Å². The van der Waals surface area contributed by atoms with Crippen LogP contribution in [-0.4, -0.2) is 25.2 Å². The summed E-state index contributed by atoms with van der Waals surface area (Å²) >= 11 is 7.42. The second kappa shape index (κ2) is 6.59. The molecule has 1 N–H and O–H groups in total. The number of anilines is 1. The molecule has 0 aromatic heterocycles. The maximum Gasteiger partial charge on any atom is 0.0655 e. The SMILES string of the molecule is Cc1cc(Br)c(N2CCCC(NC(C)C)C2)c(Br)c1. The average Bonchev–Trinajstić information content (AvgIpc) is 2.26. The van der Waals surface area contributed by atoms with E-state index in [1.165, 1.54) is 33.0 Å². The number of piperidine rings is 1. The van der Waals surface area contributed by atoms with Crippen molar-refractivity contribution >= 4 is 37.5 Å². The Bertz CT molecular complexity index is 423. The largest absolute Gasteiger partial charge is 0.368 e. The van der Waals surface area contributed by atoms with Crippen LogP contribution in [0.15, 0.2) is 21.1 Å². The summed E-state index contributed by atoms with van der Waals surface area (Å²) in [5.41, 5.74) is 2.57. The lowest BCUT2D eigenvalue weighted by molar-refractivity contribution is 0.394.